The van der Waals surface area contributed by atoms with Crippen molar-refractivity contribution in [3.63, 3.8) is 0 Å². The van der Waals surface area contributed by atoms with E-state index in [9.17, 15) is 0 Å². The molecular formula is C18H27ClN2. The third kappa shape index (κ3) is 3.61. The minimum absolute atomic E-state index is 0.529. The van der Waals surface area contributed by atoms with E-state index in [0.717, 1.165) is 23.4 Å². The lowest BCUT2D eigenvalue weighted by molar-refractivity contribution is 0.116. The van der Waals surface area contributed by atoms with Gasteiger partial charge >= 0.3 is 0 Å². The van der Waals surface area contributed by atoms with Crippen LogP contribution in [-0.4, -0.2) is 30.6 Å². The van der Waals surface area contributed by atoms with Crippen LogP contribution in [0.1, 0.15) is 50.6 Å². The van der Waals surface area contributed by atoms with Crippen LogP contribution in [0.4, 0.5) is 0 Å². The van der Waals surface area contributed by atoms with Crippen LogP contribution in [-0.2, 0) is 0 Å². The van der Waals surface area contributed by atoms with Crippen molar-refractivity contribution in [3.8, 4) is 0 Å². The molecule has 0 aromatic heterocycles. The second-order valence-corrected chi connectivity index (χ2v) is 6.99. The van der Waals surface area contributed by atoms with Gasteiger partial charge in [0.25, 0.3) is 0 Å². The topological polar surface area (TPSA) is 15.3 Å². The van der Waals surface area contributed by atoms with Crippen LogP contribution in [0.15, 0.2) is 24.3 Å². The van der Waals surface area contributed by atoms with E-state index in [4.69, 9.17) is 11.6 Å². The Bertz CT molecular complexity index is 448. The third-order valence-electron chi connectivity index (χ3n) is 5.30. The van der Waals surface area contributed by atoms with E-state index in [1.165, 1.54) is 50.9 Å². The first kappa shape index (κ1) is 15.3. The zero-order valence-corrected chi connectivity index (χ0v) is 13.8. The molecule has 21 heavy (non-hydrogen) atoms. The van der Waals surface area contributed by atoms with E-state index in [-0.39, 0.29) is 0 Å². The van der Waals surface area contributed by atoms with Gasteiger partial charge in [-0.15, -0.1) is 0 Å². The summed E-state index contributed by atoms with van der Waals surface area (Å²) >= 11 is 6.17. The summed E-state index contributed by atoms with van der Waals surface area (Å²) in [5.41, 5.74) is 1.38. The molecule has 2 atom stereocenters. The molecule has 0 bridgehead atoms. The second-order valence-electron chi connectivity index (χ2n) is 6.56. The number of piperidine rings is 1. The summed E-state index contributed by atoms with van der Waals surface area (Å²) in [5.74, 6) is 0.889. The lowest BCUT2D eigenvalue weighted by Crippen LogP contribution is -2.42. The van der Waals surface area contributed by atoms with Crippen molar-refractivity contribution in [1.29, 1.82) is 0 Å². The minimum Gasteiger partial charge on any atom is -0.314 e. The SMILES string of the molecule is CCC(c1cccc(Cl)c1)N1CCC(C2CCCN2)CC1. The number of rotatable bonds is 4. The van der Waals surface area contributed by atoms with Crippen LogP contribution in [0.2, 0.25) is 5.02 Å². The Labute approximate surface area is 133 Å². The molecule has 0 radical (unpaired) electrons. The highest BCUT2D eigenvalue weighted by Crippen LogP contribution is 2.32. The fraction of sp³-hybridized carbons (Fsp3) is 0.667. The Hall–Kier alpha value is -0.570. The lowest BCUT2D eigenvalue weighted by Gasteiger charge is -2.39. The minimum atomic E-state index is 0.529. The van der Waals surface area contributed by atoms with E-state index >= 15 is 0 Å². The van der Waals surface area contributed by atoms with Crippen LogP contribution < -0.4 is 5.32 Å². The average molecular weight is 307 g/mol. The maximum absolute atomic E-state index is 6.17. The second kappa shape index (κ2) is 7.13. The summed E-state index contributed by atoms with van der Waals surface area (Å²) < 4.78 is 0. The number of hydrogen-bond donors (Lipinski definition) is 1. The molecule has 2 unspecified atom stereocenters. The van der Waals surface area contributed by atoms with Gasteiger partial charge in [-0.2, -0.15) is 0 Å². The zero-order valence-electron chi connectivity index (χ0n) is 13.0. The lowest BCUT2D eigenvalue weighted by atomic mass is 9.87. The van der Waals surface area contributed by atoms with E-state index < -0.39 is 0 Å². The number of halogens is 1. The number of likely N-dealkylation sites (tertiary alicyclic amines) is 1. The predicted octanol–water partition coefficient (Wildman–Crippen LogP) is 4.26. The molecule has 0 amide bonds. The van der Waals surface area contributed by atoms with Gasteiger partial charge in [-0.05, 0) is 75.4 Å². The van der Waals surface area contributed by atoms with Crippen LogP contribution >= 0.6 is 11.6 Å². The van der Waals surface area contributed by atoms with Crippen LogP contribution in [0.25, 0.3) is 0 Å². The molecule has 2 aliphatic heterocycles. The van der Waals surface area contributed by atoms with Gasteiger partial charge in [-0.1, -0.05) is 30.7 Å². The number of nitrogens with zero attached hydrogens (tertiary/aromatic N) is 1. The highest BCUT2D eigenvalue weighted by molar-refractivity contribution is 6.30. The van der Waals surface area contributed by atoms with Crippen molar-refractivity contribution in [2.45, 2.75) is 51.1 Å². The molecule has 2 fully saturated rings. The number of hydrogen-bond acceptors (Lipinski definition) is 2. The average Bonchev–Trinajstić information content (AvgIpc) is 3.03. The van der Waals surface area contributed by atoms with Gasteiger partial charge in [-0.3, -0.25) is 4.90 Å². The molecule has 2 saturated heterocycles. The maximum atomic E-state index is 6.17. The zero-order chi connectivity index (χ0) is 14.7. The first-order valence-corrected chi connectivity index (χ1v) is 8.88. The fourth-order valence-electron chi connectivity index (χ4n) is 4.17. The molecular weight excluding hydrogens is 280 g/mol. The van der Waals surface area contributed by atoms with Crippen LogP contribution in [0.5, 0.6) is 0 Å². The first-order chi connectivity index (χ1) is 10.3. The predicted molar refractivity (Wildman–Crippen MR) is 89.8 cm³/mol. The standard InChI is InChI=1S/C18H27ClN2/c1-2-18(15-5-3-6-16(19)13-15)21-11-8-14(9-12-21)17-7-4-10-20-17/h3,5-6,13-14,17-18,20H,2,4,7-12H2,1H3. The highest BCUT2D eigenvalue weighted by Gasteiger charge is 2.30. The third-order valence-corrected chi connectivity index (χ3v) is 5.54. The van der Waals surface area contributed by atoms with Crippen molar-refractivity contribution in [3.05, 3.63) is 34.9 Å². The molecule has 1 aromatic carbocycles. The van der Waals surface area contributed by atoms with E-state index in [1.807, 2.05) is 6.07 Å². The highest BCUT2D eigenvalue weighted by atomic mass is 35.5. The number of benzene rings is 1. The quantitative estimate of drug-likeness (QED) is 0.894. The summed E-state index contributed by atoms with van der Waals surface area (Å²) in [6.45, 7) is 5.98. The van der Waals surface area contributed by atoms with E-state index in [0.29, 0.717) is 6.04 Å². The van der Waals surface area contributed by atoms with Gasteiger partial charge in [0.1, 0.15) is 0 Å². The van der Waals surface area contributed by atoms with Crippen molar-refractivity contribution in [1.82, 2.24) is 10.2 Å². The molecule has 2 nitrogen and oxygen atoms in total. The fourth-order valence-corrected chi connectivity index (χ4v) is 4.36. The Kier molecular flexibility index (Phi) is 5.20. The van der Waals surface area contributed by atoms with Crippen molar-refractivity contribution in [2.75, 3.05) is 19.6 Å². The Morgan fingerprint density at radius 1 is 1.29 bits per heavy atom. The molecule has 2 heterocycles. The monoisotopic (exact) mass is 306 g/mol. The molecule has 3 rings (SSSR count). The van der Waals surface area contributed by atoms with Crippen molar-refractivity contribution >= 4 is 11.6 Å². The molecule has 3 heteroatoms. The number of nitrogens with one attached hydrogen (secondary N) is 1. The molecule has 2 aliphatic rings. The van der Waals surface area contributed by atoms with Gasteiger partial charge in [0, 0.05) is 17.1 Å². The van der Waals surface area contributed by atoms with Crippen molar-refractivity contribution in [2.24, 2.45) is 5.92 Å². The molecule has 0 spiro atoms. The normalized spacial score (nSPS) is 26.1. The summed E-state index contributed by atoms with van der Waals surface area (Å²) in [4.78, 5) is 2.66. The van der Waals surface area contributed by atoms with Crippen LogP contribution in [0.3, 0.4) is 0 Å². The molecule has 1 aromatic rings. The molecule has 116 valence electrons. The van der Waals surface area contributed by atoms with Gasteiger partial charge in [0.15, 0.2) is 0 Å². The van der Waals surface area contributed by atoms with Crippen molar-refractivity contribution < 1.29 is 0 Å². The van der Waals surface area contributed by atoms with Gasteiger partial charge in [0.2, 0.25) is 0 Å². The maximum Gasteiger partial charge on any atom is 0.0409 e. The van der Waals surface area contributed by atoms with Gasteiger partial charge < -0.3 is 5.32 Å². The summed E-state index contributed by atoms with van der Waals surface area (Å²) in [5, 5.41) is 4.54. The largest absolute Gasteiger partial charge is 0.314 e. The Morgan fingerprint density at radius 2 is 2.10 bits per heavy atom. The summed E-state index contributed by atoms with van der Waals surface area (Å²) in [7, 11) is 0. The van der Waals surface area contributed by atoms with Gasteiger partial charge in [-0.25, -0.2) is 0 Å². The van der Waals surface area contributed by atoms with E-state index in [1.54, 1.807) is 0 Å². The smallest absolute Gasteiger partial charge is 0.0409 e. The first-order valence-electron chi connectivity index (χ1n) is 8.51. The van der Waals surface area contributed by atoms with Gasteiger partial charge in [0.05, 0.1) is 0 Å². The van der Waals surface area contributed by atoms with Crippen LogP contribution in [0, 0.1) is 5.92 Å². The molecule has 0 saturated carbocycles. The Morgan fingerprint density at radius 3 is 2.71 bits per heavy atom. The van der Waals surface area contributed by atoms with E-state index in [2.05, 4.69) is 35.3 Å². The summed E-state index contributed by atoms with van der Waals surface area (Å²) in [6.07, 6.45) is 6.59. The summed E-state index contributed by atoms with van der Waals surface area (Å²) in [6, 6.07) is 9.73. The Balaban J connectivity index is 1.61. The molecule has 1 N–H and O–H groups in total. The molecule has 0 aliphatic carbocycles.